The van der Waals surface area contributed by atoms with E-state index < -0.39 is 17.9 Å². The van der Waals surface area contributed by atoms with Crippen molar-refractivity contribution in [3.63, 3.8) is 0 Å². The monoisotopic (exact) mass is 646 g/mol. The van der Waals surface area contributed by atoms with Gasteiger partial charge in [0.1, 0.15) is 29.1 Å². The van der Waals surface area contributed by atoms with E-state index >= 15 is 4.39 Å². The number of halogens is 2. The topological polar surface area (TPSA) is 144 Å². The highest BCUT2D eigenvalue weighted by Gasteiger charge is 2.22. The van der Waals surface area contributed by atoms with Crippen LogP contribution in [-0.2, 0) is 6.42 Å². The van der Waals surface area contributed by atoms with E-state index in [-0.39, 0.29) is 16.6 Å². The molecule has 0 saturated heterocycles. The fraction of sp³-hybridized carbons (Fsp3) is 0.171. The Hall–Kier alpha value is -5.79. The lowest BCUT2D eigenvalue weighted by atomic mass is 10.1. The van der Waals surface area contributed by atoms with Crippen LogP contribution in [0.1, 0.15) is 5.56 Å². The van der Waals surface area contributed by atoms with E-state index in [1.807, 2.05) is 55.4 Å². The number of fused-ring (bicyclic) bond motifs is 2. The highest BCUT2D eigenvalue weighted by molar-refractivity contribution is 5.97. The van der Waals surface area contributed by atoms with Gasteiger partial charge in [-0.3, -0.25) is 15.1 Å². The number of aromatic amines is 2. The van der Waals surface area contributed by atoms with Gasteiger partial charge in [-0.25, -0.2) is 18.7 Å². The van der Waals surface area contributed by atoms with Crippen LogP contribution in [0.25, 0.3) is 56.0 Å². The first-order valence-corrected chi connectivity index (χ1v) is 15.3. The molecule has 5 N–H and O–H groups in total. The molecule has 0 aliphatic heterocycles. The average molecular weight is 647 g/mol. The van der Waals surface area contributed by atoms with Gasteiger partial charge in [0.2, 0.25) is 0 Å². The highest BCUT2D eigenvalue weighted by atomic mass is 19.1. The van der Waals surface area contributed by atoms with Crippen LogP contribution in [0.5, 0.6) is 0 Å². The van der Waals surface area contributed by atoms with Crippen LogP contribution in [0, 0.1) is 11.6 Å². The van der Waals surface area contributed by atoms with Gasteiger partial charge < -0.3 is 25.6 Å². The van der Waals surface area contributed by atoms with Crippen molar-refractivity contribution in [2.45, 2.75) is 12.6 Å². The van der Waals surface area contributed by atoms with Crippen molar-refractivity contribution in [3.8, 4) is 33.9 Å². The number of rotatable bonds is 11. The van der Waals surface area contributed by atoms with Gasteiger partial charge in [-0.05, 0) is 50.0 Å². The minimum Gasteiger partial charge on any atom is -0.384 e. The van der Waals surface area contributed by atoms with Crippen molar-refractivity contribution in [2.24, 2.45) is 0 Å². The molecule has 13 heteroatoms. The summed E-state index contributed by atoms with van der Waals surface area (Å²) in [6.07, 6.45) is 5.61. The van der Waals surface area contributed by atoms with Crippen LogP contribution >= 0.6 is 0 Å². The van der Waals surface area contributed by atoms with E-state index in [1.165, 1.54) is 24.5 Å². The zero-order valence-corrected chi connectivity index (χ0v) is 26.2. The summed E-state index contributed by atoms with van der Waals surface area (Å²) in [5, 5.41) is 24.1. The Labute approximate surface area is 274 Å². The van der Waals surface area contributed by atoms with E-state index in [2.05, 4.69) is 40.8 Å². The number of imidazole rings is 1. The van der Waals surface area contributed by atoms with Crippen molar-refractivity contribution >= 4 is 33.4 Å². The number of anilines is 2. The zero-order chi connectivity index (χ0) is 33.2. The van der Waals surface area contributed by atoms with Gasteiger partial charge in [0.05, 0.1) is 28.5 Å². The first-order valence-electron chi connectivity index (χ1n) is 15.3. The lowest BCUT2D eigenvalue weighted by molar-refractivity contribution is 0.204. The Balaban J connectivity index is 1.21. The Morgan fingerprint density at radius 1 is 0.938 bits per heavy atom. The zero-order valence-electron chi connectivity index (χ0n) is 26.2. The maximum atomic E-state index is 16.4. The standard InChI is InChI=1S/C35H32F2N10O/c1-47(2)11-10-39-24-14-21(13-23(36)16-24)31-32-27(8-9-40-31)43-35(44-32)33-29-30(37)26(19-41-34(29)46-45-33)22-15-25(18-38-17-22)42-28(48)12-20-6-4-3-5-7-20/h3-9,13-19,28,39,42,48H,10-12H2,1-2H3,(H,43,44)(H,41,45,46). The number of aliphatic hydroxyl groups excluding tert-OH is 1. The summed E-state index contributed by atoms with van der Waals surface area (Å²) in [5.74, 6) is -0.656. The molecule has 0 fully saturated rings. The van der Waals surface area contributed by atoms with Crippen LogP contribution in [0.15, 0.2) is 85.5 Å². The molecule has 242 valence electrons. The molecule has 1 atom stereocenters. The molecule has 7 rings (SSSR count). The summed E-state index contributed by atoms with van der Waals surface area (Å²) in [6, 6.07) is 17.7. The molecule has 5 aromatic heterocycles. The minimum absolute atomic E-state index is 0.140. The molecule has 0 spiro atoms. The molecule has 5 heterocycles. The number of aromatic nitrogens is 7. The molecule has 0 amide bonds. The van der Waals surface area contributed by atoms with Gasteiger partial charge in [-0.2, -0.15) is 5.10 Å². The summed E-state index contributed by atoms with van der Waals surface area (Å²) in [4.78, 5) is 23.2. The maximum absolute atomic E-state index is 16.4. The fourth-order valence-corrected chi connectivity index (χ4v) is 5.59. The fourth-order valence-electron chi connectivity index (χ4n) is 5.59. The number of hydrogen-bond acceptors (Lipinski definition) is 9. The molecule has 7 aromatic rings. The highest BCUT2D eigenvalue weighted by Crippen LogP contribution is 2.35. The third-order valence-electron chi connectivity index (χ3n) is 7.87. The molecule has 2 aromatic carbocycles. The first-order chi connectivity index (χ1) is 23.3. The van der Waals surface area contributed by atoms with Crippen LogP contribution < -0.4 is 10.6 Å². The average Bonchev–Trinajstić information content (AvgIpc) is 3.70. The molecule has 1 unspecified atom stereocenters. The van der Waals surface area contributed by atoms with Gasteiger partial charge in [0, 0.05) is 60.5 Å². The van der Waals surface area contributed by atoms with Crippen molar-refractivity contribution in [2.75, 3.05) is 37.8 Å². The SMILES string of the molecule is CN(C)CCNc1cc(F)cc(-c2nccc3[nH]c(-c4[nH]nc5ncc(-c6cncc(NC(O)Cc7ccccc7)c6)c(F)c45)nc23)c1. The molecule has 48 heavy (non-hydrogen) atoms. The number of likely N-dealkylation sites (N-methyl/N-ethyl adjacent to an activating group) is 1. The van der Waals surface area contributed by atoms with Crippen molar-refractivity contribution in [1.82, 2.24) is 40.0 Å². The summed E-state index contributed by atoms with van der Waals surface area (Å²) >= 11 is 0. The van der Waals surface area contributed by atoms with Crippen LogP contribution in [-0.4, -0.2) is 78.5 Å². The van der Waals surface area contributed by atoms with Crippen LogP contribution in [0.3, 0.4) is 0 Å². The van der Waals surface area contributed by atoms with Gasteiger partial charge in [-0.15, -0.1) is 0 Å². The summed E-state index contributed by atoms with van der Waals surface area (Å²) in [5.41, 5.74) is 5.38. The first kappa shape index (κ1) is 30.8. The van der Waals surface area contributed by atoms with E-state index in [0.717, 1.165) is 12.1 Å². The summed E-state index contributed by atoms with van der Waals surface area (Å²) in [6.45, 7) is 1.42. The van der Waals surface area contributed by atoms with E-state index in [4.69, 9.17) is 4.98 Å². The van der Waals surface area contributed by atoms with Crippen molar-refractivity contribution < 1.29 is 13.9 Å². The number of H-pyrrole nitrogens is 2. The Kier molecular flexibility index (Phi) is 8.44. The summed E-state index contributed by atoms with van der Waals surface area (Å²) in [7, 11) is 3.94. The molecule has 11 nitrogen and oxygen atoms in total. The molecule has 0 aliphatic rings. The molecular weight excluding hydrogens is 614 g/mol. The van der Waals surface area contributed by atoms with Crippen LogP contribution in [0.2, 0.25) is 0 Å². The Morgan fingerprint density at radius 2 is 1.77 bits per heavy atom. The molecule has 0 bridgehead atoms. The van der Waals surface area contributed by atoms with Crippen LogP contribution in [0.4, 0.5) is 20.2 Å². The summed E-state index contributed by atoms with van der Waals surface area (Å²) < 4.78 is 31.1. The predicted octanol–water partition coefficient (Wildman–Crippen LogP) is 5.85. The second kappa shape index (κ2) is 13.1. The van der Waals surface area contributed by atoms with Gasteiger partial charge in [0.15, 0.2) is 11.5 Å². The Bertz CT molecular complexity index is 2220. The van der Waals surface area contributed by atoms with Crippen molar-refractivity contribution in [1.29, 1.82) is 0 Å². The number of nitrogens with zero attached hydrogens (tertiary/aromatic N) is 6. The molecule has 0 aliphatic carbocycles. The number of hydrogen-bond donors (Lipinski definition) is 5. The quantitative estimate of drug-likeness (QED) is 0.109. The second-order valence-corrected chi connectivity index (χ2v) is 11.7. The number of nitrogens with one attached hydrogen (secondary N) is 4. The number of benzene rings is 2. The van der Waals surface area contributed by atoms with Gasteiger partial charge >= 0.3 is 0 Å². The molecule has 0 radical (unpaired) electrons. The smallest absolute Gasteiger partial charge is 0.184 e. The number of aliphatic hydroxyl groups is 1. The minimum atomic E-state index is -0.874. The maximum Gasteiger partial charge on any atom is 0.184 e. The molecule has 0 saturated carbocycles. The second-order valence-electron chi connectivity index (χ2n) is 11.7. The largest absolute Gasteiger partial charge is 0.384 e. The normalized spacial score (nSPS) is 12.2. The van der Waals surface area contributed by atoms with E-state index in [1.54, 1.807) is 24.5 Å². The van der Waals surface area contributed by atoms with E-state index in [0.29, 0.717) is 63.7 Å². The van der Waals surface area contributed by atoms with Crippen molar-refractivity contribution in [3.05, 3.63) is 103 Å². The van der Waals surface area contributed by atoms with Gasteiger partial charge in [0.25, 0.3) is 0 Å². The lowest BCUT2D eigenvalue weighted by Gasteiger charge is -2.15. The lowest BCUT2D eigenvalue weighted by Crippen LogP contribution is -2.21. The number of pyridine rings is 3. The third kappa shape index (κ3) is 6.41. The van der Waals surface area contributed by atoms with Gasteiger partial charge in [-0.1, -0.05) is 30.3 Å². The Morgan fingerprint density at radius 3 is 2.60 bits per heavy atom. The molecular formula is C35H32F2N10O. The van der Waals surface area contributed by atoms with E-state index in [9.17, 15) is 9.50 Å². The predicted molar refractivity (Wildman–Crippen MR) is 182 cm³/mol. The third-order valence-corrected chi connectivity index (χ3v) is 7.87.